The number of carbonyl (C=O) groups is 2. The minimum Gasteiger partial charge on any atom is -0.480 e. The number of carboxylic acids is 1. The van der Waals surface area contributed by atoms with Crippen LogP contribution < -0.4 is 10.6 Å². The first-order chi connectivity index (χ1) is 9.02. The molecule has 1 aromatic heterocycles. The molecule has 1 heterocycles. The SMILES string of the molecule is Cc1cccc(N/C=C(/C#N)C(=O)NCC(=O)O)n1. The van der Waals surface area contributed by atoms with Gasteiger partial charge in [0.1, 0.15) is 24.0 Å². The summed E-state index contributed by atoms with van der Waals surface area (Å²) in [7, 11) is 0. The van der Waals surface area contributed by atoms with Crippen LogP contribution in [0.4, 0.5) is 5.82 Å². The molecule has 0 saturated heterocycles. The highest BCUT2D eigenvalue weighted by atomic mass is 16.4. The van der Waals surface area contributed by atoms with Crippen molar-refractivity contribution in [2.24, 2.45) is 0 Å². The maximum absolute atomic E-state index is 11.4. The average Bonchev–Trinajstić information content (AvgIpc) is 2.37. The van der Waals surface area contributed by atoms with Crippen LogP contribution >= 0.6 is 0 Å². The zero-order valence-corrected chi connectivity index (χ0v) is 10.2. The molecule has 3 N–H and O–H groups in total. The van der Waals surface area contributed by atoms with E-state index in [1.807, 2.05) is 0 Å². The summed E-state index contributed by atoms with van der Waals surface area (Å²) in [5.74, 6) is -1.46. The highest BCUT2D eigenvalue weighted by Crippen LogP contribution is 2.04. The van der Waals surface area contributed by atoms with Crippen molar-refractivity contribution in [3.8, 4) is 6.07 Å². The Morgan fingerprint density at radius 3 is 2.84 bits per heavy atom. The van der Waals surface area contributed by atoms with E-state index < -0.39 is 18.4 Å². The molecule has 0 aliphatic rings. The lowest BCUT2D eigenvalue weighted by atomic mass is 10.3. The number of aromatic nitrogens is 1. The number of nitriles is 1. The Morgan fingerprint density at radius 1 is 1.53 bits per heavy atom. The fourth-order valence-corrected chi connectivity index (χ4v) is 1.17. The molecule has 7 heteroatoms. The number of aliphatic carboxylic acids is 1. The van der Waals surface area contributed by atoms with Crippen molar-refractivity contribution in [1.82, 2.24) is 10.3 Å². The van der Waals surface area contributed by atoms with Crippen LogP contribution in [0.3, 0.4) is 0 Å². The van der Waals surface area contributed by atoms with Gasteiger partial charge in [-0.1, -0.05) is 6.07 Å². The van der Waals surface area contributed by atoms with E-state index in [0.717, 1.165) is 5.69 Å². The van der Waals surface area contributed by atoms with Gasteiger partial charge < -0.3 is 15.7 Å². The van der Waals surface area contributed by atoms with E-state index in [0.29, 0.717) is 5.82 Å². The van der Waals surface area contributed by atoms with E-state index in [2.05, 4.69) is 15.6 Å². The first kappa shape index (κ1) is 14.2. The maximum Gasteiger partial charge on any atom is 0.322 e. The van der Waals surface area contributed by atoms with E-state index in [-0.39, 0.29) is 5.57 Å². The topological polar surface area (TPSA) is 115 Å². The van der Waals surface area contributed by atoms with Crippen LogP contribution in [0.25, 0.3) is 0 Å². The van der Waals surface area contributed by atoms with E-state index in [4.69, 9.17) is 10.4 Å². The minimum atomic E-state index is -1.18. The number of nitrogens with one attached hydrogen (secondary N) is 2. The van der Waals surface area contributed by atoms with Gasteiger partial charge in [-0.3, -0.25) is 9.59 Å². The van der Waals surface area contributed by atoms with Crippen LogP contribution in [0.15, 0.2) is 30.0 Å². The van der Waals surface area contributed by atoms with Gasteiger partial charge in [0, 0.05) is 11.9 Å². The molecule has 0 atom stereocenters. The Hall–Kier alpha value is -2.88. The van der Waals surface area contributed by atoms with E-state index in [9.17, 15) is 9.59 Å². The maximum atomic E-state index is 11.4. The van der Waals surface area contributed by atoms with Gasteiger partial charge in [-0.05, 0) is 19.1 Å². The van der Waals surface area contributed by atoms with Crippen molar-refractivity contribution in [1.29, 1.82) is 5.26 Å². The molecule has 1 aromatic rings. The van der Waals surface area contributed by atoms with Gasteiger partial charge in [0.05, 0.1) is 0 Å². The Kier molecular flexibility index (Phi) is 5.04. The molecule has 19 heavy (non-hydrogen) atoms. The van der Waals surface area contributed by atoms with Crippen molar-refractivity contribution in [2.45, 2.75) is 6.92 Å². The van der Waals surface area contributed by atoms with E-state index >= 15 is 0 Å². The predicted molar refractivity (Wildman–Crippen MR) is 66.9 cm³/mol. The summed E-state index contributed by atoms with van der Waals surface area (Å²) in [5.41, 5.74) is 0.553. The molecule has 0 aliphatic heterocycles. The fourth-order valence-electron chi connectivity index (χ4n) is 1.17. The van der Waals surface area contributed by atoms with Gasteiger partial charge in [-0.25, -0.2) is 4.98 Å². The Labute approximate surface area is 109 Å². The van der Waals surface area contributed by atoms with Gasteiger partial charge in [-0.2, -0.15) is 5.26 Å². The van der Waals surface area contributed by atoms with E-state index in [1.54, 1.807) is 31.2 Å². The molecule has 0 saturated carbocycles. The third-order valence-electron chi connectivity index (χ3n) is 2.02. The lowest BCUT2D eigenvalue weighted by molar-refractivity contribution is -0.137. The number of anilines is 1. The average molecular weight is 260 g/mol. The number of carboxylic acid groups (broad SMARTS) is 1. The summed E-state index contributed by atoms with van der Waals surface area (Å²) in [6.07, 6.45) is 1.18. The number of hydrogen-bond donors (Lipinski definition) is 3. The van der Waals surface area contributed by atoms with Gasteiger partial charge in [0.25, 0.3) is 5.91 Å². The second-order valence-corrected chi connectivity index (χ2v) is 3.55. The number of amides is 1. The van der Waals surface area contributed by atoms with Crippen LogP contribution in [-0.2, 0) is 9.59 Å². The second-order valence-electron chi connectivity index (χ2n) is 3.55. The summed E-state index contributed by atoms with van der Waals surface area (Å²) >= 11 is 0. The molecular formula is C12H12N4O3. The standard InChI is InChI=1S/C12H12N4O3/c1-8-3-2-4-10(16-8)14-6-9(5-13)12(19)15-7-11(17)18/h2-4,6H,7H2,1H3,(H,14,16)(H,15,19)(H,17,18)/b9-6-. The van der Waals surface area contributed by atoms with Gasteiger partial charge in [-0.15, -0.1) is 0 Å². The third-order valence-corrected chi connectivity index (χ3v) is 2.02. The fraction of sp³-hybridized carbons (Fsp3) is 0.167. The largest absolute Gasteiger partial charge is 0.480 e. The summed E-state index contributed by atoms with van der Waals surface area (Å²) in [4.78, 5) is 25.9. The van der Waals surface area contributed by atoms with Crippen LogP contribution in [0.1, 0.15) is 5.69 Å². The predicted octanol–water partition coefficient (Wildman–Crippen LogP) is 0.410. The number of rotatable bonds is 5. The number of carbonyl (C=O) groups excluding carboxylic acids is 1. The lowest BCUT2D eigenvalue weighted by Crippen LogP contribution is -2.30. The molecule has 0 radical (unpaired) electrons. The highest BCUT2D eigenvalue weighted by Gasteiger charge is 2.09. The zero-order chi connectivity index (χ0) is 14.3. The molecular weight excluding hydrogens is 248 g/mol. The first-order valence-corrected chi connectivity index (χ1v) is 5.33. The Morgan fingerprint density at radius 2 is 2.26 bits per heavy atom. The van der Waals surface area contributed by atoms with Gasteiger partial charge >= 0.3 is 5.97 Å². The lowest BCUT2D eigenvalue weighted by Gasteiger charge is -2.03. The zero-order valence-electron chi connectivity index (χ0n) is 10.2. The summed E-state index contributed by atoms with van der Waals surface area (Å²) in [5, 5.41) is 22.0. The normalized spacial score (nSPS) is 10.4. The van der Waals surface area contributed by atoms with Crippen LogP contribution in [0.5, 0.6) is 0 Å². The smallest absolute Gasteiger partial charge is 0.322 e. The van der Waals surface area contributed by atoms with Crippen molar-refractivity contribution < 1.29 is 14.7 Å². The summed E-state index contributed by atoms with van der Waals surface area (Å²) in [6.45, 7) is 1.26. The number of pyridine rings is 1. The molecule has 1 rings (SSSR count). The Bertz CT molecular complexity index is 560. The molecule has 0 bridgehead atoms. The molecule has 0 fully saturated rings. The van der Waals surface area contributed by atoms with Crippen molar-refractivity contribution in [2.75, 3.05) is 11.9 Å². The molecule has 98 valence electrons. The molecule has 0 spiro atoms. The van der Waals surface area contributed by atoms with Crippen LogP contribution in [0, 0.1) is 18.3 Å². The monoisotopic (exact) mass is 260 g/mol. The van der Waals surface area contributed by atoms with E-state index in [1.165, 1.54) is 6.20 Å². The number of nitrogens with zero attached hydrogens (tertiary/aromatic N) is 2. The van der Waals surface area contributed by atoms with Crippen LogP contribution in [0.2, 0.25) is 0 Å². The minimum absolute atomic E-state index is 0.232. The molecule has 7 nitrogen and oxygen atoms in total. The Balaban J connectivity index is 2.69. The van der Waals surface area contributed by atoms with Crippen molar-refractivity contribution >= 4 is 17.7 Å². The molecule has 0 aromatic carbocycles. The second kappa shape index (κ2) is 6.76. The van der Waals surface area contributed by atoms with Crippen molar-refractivity contribution in [3.63, 3.8) is 0 Å². The van der Waals surface area contributed by atoms with Gasteiger partial charge in [0.2, 0.25) is 0 Å². The molecule has 0 unspecified atom stereocenters. The number of aryl methyl sites for hydroxylation is 1. The molecule has 0 aliphatic carbocycles. The number of hydrogen-bond acceptors (Lipinski definition) is 5. The summed E-state index contributed by atoms with van der Waals surface area (Å²) in [6, 6.07) is 6.93. The first-order valence-electron chi connectivity index (χ1n) is 5.33. The van der Waals surface area contributed by atoms with Crippen LogP contribution in [-0.4, -0.2) is 28.5 Å². The summed E-state index contributed by atoms with van der Waals surface area (Å²) < 4.78 is 0. The van der Waals surface area contributed by atoms with Gasteiger partial charge in [0.15, 0.2) is 0 Å². The molecule has 1 amide bonds. The third kappa shape index (κ3) is 4.87. The highest BCUT2D eigenvalue weighted by molar-refractivity contribution is 5.98. The van der Waals surface area contributed by atoms with Crippen molar-refractivity contribution in [3.05, 3.63) is 35.7 Å². The quantitative estimate of drug-likeness (QED) is 0.521.